The van der Waals surface area contributed by atoms with Crippen molar-refractivity contribution < 1.29 is 9.53 Å². The first-order chi connectivity index (χ1) is 8.34. The largest absolute Gasteiger partial charge is 0.447 e. The van der Waals surface area contributed by atoms with Crippen LogP contribution in [0.3, 0.4) is 0 Å². The molecule has 1 heterocycles. The molecule has 0 bridgehead atoms. The molecule has 0 N–H and O–H groups in total. The summed E-state index contributed by atoms with van der Waals surface area (Å²) in [6.07, 6.45) is -0.247. The van der Waals surface area contributed by atoms with Gasteiger partial charge in [0.1, 0.15) is 6.61 Å². The maximum atomic E-state index is 11.4. The van der Waals surface area contributed by atoms with Crippen LogP contribution in [0.15, 0.2) is 47.4 Å². The van der Waals surface area contributed by atoms with Crippen LogP contribution in [0, 0.1) is 0 Å². The van der Waals surface area contributed by atoms with E-state index in [1.165, 1.54) is 22.7 Å². The fourth-order valence-electron chi connectivity index (χ4n) is 1.86. The van der Waals surface area contributed by atoms with Gasteiger partial charge in [-0.2, -0.15) is 0 Å². The van der Waals surface area contributed by atoms with Gasteiger partial charge in [0.2, 0.25) is 0 Å². The van der Waals surface area contributed by atoms with Crippen LogP contribution in [-0.4, -0.2) is 23.6 Å². The molecule has 17 heavy (non-hydrogen) atoms. The molecule has 3 nitrogen and oxygen atoms in total. The number of rotatable bonds is 2. The van der Waals surface area contributed by atoms with Crippen LogP contribution in [0.2, 0.25) is 0 Å². The average molecular weight is 245 g/mol. The van der Waals surface area contributed by atoms with Gasteiger partial charge in [-0.1, -0.05) is 36.4 Å². The summed E-state index contributed by atoms with van der Waals surface area (Å²) in [5.74, 6) is 0. The van der Waals surface area contributed by atoms with Crippen molar-refractivity contribution in [1.82, 2.24) is 4.31 Å². The third-order valence-corrected chi connectivity index (χ3v) is 3.79. The minimum atomic E-state index is -0.247. The van der Waals surface area contributed by atoms with Crippen molar-refractivity contribution in [1.29, 1.82) is 0 Å². The molecule has 0 aromatic heterocycles. The molecule has 1 amide bonds. The summed E-state index contributed by atoms with van der Waals surface area (Å²) in [5.41, 5.74) is 0. The SMILES string of the molecule is O=C1OCCN1Sc1cccc2ccccc12. The minimum Gasteiger partial charge on any atom is -0.447 e. The summed E-state index contributed by atoms with van der Waals surface area (Å²) < 4.78 is 6.57. The Kier molecular flexibility index (Phi) is 2.65. The van der Waals surface area contributed by atoms with E-state index in [-0.39, 0.29) is 6.09 Å². The highest BCUT2D eigenvalue weighted by Crippen LogP contribution is 2.31. The number of ether oxygens (including phenoxy) is 1. The highest BCUT2D eigenvalue weighted by atomic mass is 32.2. The summed E-state index contributed by atoms with van der Waals surface area (Å²) in [5, 5.41) is 2.35. The van der Waals surface area contributed by atoms with E-state index < -0.39 is 0 Å². The van der Waals surface area contributed by atoms with Crippen molar-refractivity contribution in [3.8, 4) is 0 Å². The third-order valence-electron chi connectivity index (χ3n) is 2.68. The van der Waals surface area contributed by atoms with Crippen LogP contribution in [0.4, 0.5) is 4.79 Å². The monoisotopic (exact) mass is 245 g/mol. The highest BCUT2D eigenvalue weighted by Gasteiger charge is 2.23. The van der Waals surface area contributed by atoms with Gasteiger partial charge in [0.15, 0.2) is 0 Å². The van der Waals surface area contributed by atoms with Crippen molar-refractivity contribution in [2.75, 3.05) is 13.2 Å². The van der Waals surface area contributed by atoms with Gasteiger partial charge in [-0.25, -0.2) is 9.10 Å². The van der Waals surface area contributed by atoms with Crippen LogP contribution in [0.5, 0.6) is 0 Å². The second-order valence-corrected chi connectivity index (χ2v) is 4.85. The van der Waals surface area contributed by atoms with Crippen molar-refractivity contribution in [3.63, 3.8) is 0 Å². The summed E-state index contributed by atoms with van der Waals surface area (Å²) in [4.78, 5) is 12.5. The van der Waals surface area contributed by atoms with Gasteiger partial charge in [-0.3, -0.25) is 0 Å². The van der Waals surface area contributed by atoms with Crippen LogP contribution >= 0.6 is 11.9 Å². The quantitative estimate of drug-likeness (QED) is 0.760. The Morgan fingerprint density at radius 2 is 1.94 bits per heavy atom. The number of fused-ring (bicyclic) bond motifs is 1. The van der Waals surface area contributed by atoms with E-state index in [0.29, 0.717) is 13.2 Å². The number of hydrogen-bond donors (Lipinski definition) is 0. The van der Waals surface area contributed by atoms with Crippen LogP contribution in [0.25, 0.3) is 10.8 Å². The van der Waals surface area contributed by atoms with Crippen molar-refractivity contribution in [2.45, 2.75) is 4.90 Å². The Balaban J connectivity index is 1.97. The van der Waals surface area contributed by atoms with Crippen LogP contribution < -0.4 is 0 Å². The molecule has 2 aromatic carbocycles. The molecule has 0 spiro atoms. The number of hydrogen-bond acceptors (Lipinski definition) is 3. The molecule has 1 aliphatic rings. The zero-order chi connectivity index (χ0) is 11.7. The Morgan fingerprint density at radius 1 is 1.12 bits per heavy atom. The normalized spacial score (nSPS) is 15.3. The lowest BCUT2D eigenvalue weighted by molar-refractivity contribution is 0.171. The lowest BCUT2D eigenvalue weighted by Gasteiger charge is -2.12. The molecular formula is C13H11NO2S. The Labute approximate surface area is 103 Å². The molecule has 1 saturated heterocycles. The van der Waals surface area contributed by atoms with E-state index in [4.69, 9.17) is 4.74 Å². The lowest BCUT2D eigenvalue weighted by atomic mass is 10.1. The van der Waals surface area contributed by atoms with Gasteiger partial charge in [-0.05, 0) is 28.8 Å². The Bertz CT molecular complexity index is 565. The molecule has 0 atom stereocenters. The van der Waals surface area contributed by atoms with Gasteiger partial charge in [0, 0.05) is 4.90 Å². The number of cyclic esters (lactones) is 1. The fraction of sp³-hybridized carbons (Fsp3) is 0.154. The van der Waals surface area contributed by atoms with Crippen LogP contribution in [0.1, 0.15) is 0 Å². The van der Waals surface area contributed by atoms with Crippen molar-refractivity contribution >= 4 is 28.8 Å². The number of carbonyl (C=O) groups excluding carboxylic acids is 1. The topological polar surface area (TPSA) is 29.5 Å². The number of amides is 1. The van der Waals surface area contributed by atoms with Crippen LogP contribution in [-0.2, 0) is 4.74 Å². The van der Waals surface area contributed by atoms with Crippen molar-refractivity contribution in [2.24, 2.45) is 0 Å². The molecule has 4 heteroatoms. The summed E-state index contributed by atoms with van der Waals surface area (Å²) >= 11 is 1.45. The lowest BCUT2D eigenvalue weighted by Crippen LogP contribution is -2.15. The van der Waals surface area contributed by atoms with Gasteiger partial charge < -0.3 is 4.74 Å². The second-order valence-electron chi connectivity index (χ2n) is 3.79. The van der Waals surface area contributed by atoms with Gasteiger partial charge in [0.05, 0.1) is 6.54 Å². The summed E-state index contributed by atoms with van der Waals surface area (Å²) in [7, 11) is 0. The number of carbonyl (C=O) groups is 1. The number of nitrogens with zero attached hydrogens (tertiary/aromatic N) is 1. The molecular weight excluding hydrogens is 234 g/mol. The molecule has 2 aromatic rings. The first-order valence-corrected chi connectivity index (χ1v) is 6.22. The molecule has 0 aliphatic carbocycles. The van der Waals surface area contributed by atoms with Gasteiger partial charge in [0.25, 0.3) is 0 Å². The van der Waals surface area contributed by atoms with E-state index in [2.05, 4.69) is 18.2 Å². The standard InChI is InChI=1S/C13H11NO2S/c15-13-14(8-9-16-13)17-12-7-3-5-10-4-1-2-6-11(10)12/h1-7H,8-9H2. The fourth-order valence-corrected chi connectivity index (χ4v) is 2.81. The molecule has 0 radical (unpaired) electrons. The minimum absolute atomic E-state index is 0.247. The predicted octanol–water partition coefficient (Wildman–Crippen LogP) is 3.30. The first kappa shape index (κ1) is 10.5. The van der Waals surface area contributed by atoms with E-state index in [1.54, 1.807) is 4.31 Å². The van der Waals surface area contributed by atoms with E-state index in [0.717, 1.165) is 4.90 Å². The number of benzene rings is 2. The molecule has 3 rings (SSSR count). The maximum absolute atomic E-state index is 11.4. The first-order valence-electron chi connectivity index (χ1n) is 5.44. The highest BCUT2D eigenvalue weighted by molar-refractivity contribution is 7.97. The second kappa shape index (κ2) is 4.30. The molecule has 0 unspecified atom stereocenters. The van der Waals surface area contributed by atoms with E-state index >= 15 is 0 Å². The molecule has 1 fully saturated rings. The molecule has 1 aliphatic heterocycles. The Morgan fingerprint density at radius 3 is 2.76 bits per heavy atom. The van der Waals surface area contributed by atoms with Gasteiger partial charge in [-0.15, -0.1) is 0 Å². The summed E-state index contributed by atoms with van der Waals surface area (Å²) in [6, 6.07) is 14.3. The molecule has 86 valence electrons. The van der Waals surface area contributed by atoms with E-state index in [1.807, 2.05) is 24.3 Å². The zero-order valence-corrected chi connectivity index (χ0v) is 9.94. The van der Waals surface area contributed by atoms with Crippen molar-refractivity contribution in [3.05, 3.63) is 42.5 Å². The Hall–Kier alpha value is -1.68. The summed E-state index contributed by atoms with van der Waals surface area (Å²) in [6.45, 7) is 1.13. The maximum Gasteiger partial charge on any atom is 0.420 e. The zero-order valence-electron chi connectivity index (χ0n) is 9.13. The average Bonchev–Trinajstić information content (AvgIpc) is 2.76. The third kappa shape index (κ3) is 1.96. The smallest absolute Gasteiger partial charge is 0.420 e. The van der Waals surface area contributed by atoms with Gasteiger partial charge >= 0.3 is 6.09 Å². The predicted molar refractivity (Wildman–Crippen MR) is 67.9 cm³/mol. The molecule has 0 saturated carbocycles. The van der Waals surface area contributed by atoms with E-state index in [9.17, 15) is 4.79 Å².